The lowest BCUT2D eigenvalue weighted by Gasteiger charge is -2.21. The van der Waals surface area contributed by atoms with Crippen molar-refractivity contribution in [3.63, 3.8) is 0 Å². The minimum Gasteiger partial charge on any atom is -0.508 e. The number of anilines is 1. The SMILES string of the molecule is Cc1cc(O)ccc1NC(=O)CC1(O)CCCC1. The summed E-state index contributed by atoms with van der Waals surface area (Å²) in [5, 5.41) is 22.2. The zero-order chi connectivity index (χ0) is 13.2. The molecule has 1 amide bonds. The minimum atomic E-state index is -0.824. The summed E-state index contributed by atoms with van der Waals surface area (Å²) < 4.78 is 0. The van der Waals surface area contributed by atoms with Gasteiger partial charge >= 0.3 is 0 Å². The molecule has 18 heavy (non-hydrogen) atoms. The van der Waals surface area contributed by atoms with Gasteiger partial charge in [-0.3, -0.25) is 4.79 Å². The first-order valence-electron chi connectivity index (χ1n) is 6.30. The Labute approximate surface area is 107 Å². The van der Waals surface area contributed by atoms with Crippen molar-refractivity contribution in [2.24, 2.45) is 0 Å². The third-order valence-corrected chi connectivity index (χ3v) is 3.51. The topological polar surface area (TPSA) is 69.6 Å². The molecule has 0 spiro atoms. The number of phenolic OH excluding ortho intramolecular Hbond substituents is 1. The van der Waals surface area contributed by atoms with Gasteiger partial charge in [-0.25, -0.2) is 0 Å². The van der Waals surface area contributed by atoms with Crippen molar-refractivity contribution in [3.8, 4) is 5.75 Å². The number of nitrogens with one attached hydrogen (secondary N) is 1. The van der Waals surface area contributed by atoms with Crippen LogP contribution in [0.1, 0.15) is 37.7 Å². The standard InChI is InChI=1S/C14H19NO3/c1-10-8-11(16)4-5-12(10)15-13(17)9-14(18)6-2-3-7-14/h4-5,8,16,18H,2-3,6-7,9H2,1H3,(H,15,17). The van der Waals surface area contributed by atoms with Crippen LogP contribution in [0.4, 0.5) is 5.69 Å². The smallest absolute Gasteiger partial charge is 0.227 e. The molecule has 2 rings (SSSR count). The first-order chi connectivity index (χ1) is 8.48. The van der Waals surface area contributed by atoms with E-state index in [1.54, 1.807) is 12.1 Å². The van der Waals surface area contributed by atoms with Gasteiger partial charge in [-0.15, -0.1) is 0 Å². The Balaban J connectivity index is 1.98. The van der Waals surface area contributed by atoms with Crippen LogP contribution in [0.3, 0.4) is 0 Å². The van der Waals surface area contributed by atoms with Gasteiger partial charge < -0.3 is 15.5 Å². The van der Waals surface area contributed by atoms with Crippen molar-refractivity contribution in [2.45, 2.75) is 44.6 Å². The number of hydrogen-bond donors (Lipinski definition) is 3. The van der Waals surface area contributed by atoms with Gasteiger partial charge in [0.2, 0.25) is 5.91 Å². The van der Waals surface area contributed by atoms with E-state index in [0.29, 0.717) is 18.5 Å². The molecular weight excluding hydrogens is 230 g/mol. The van der Waals surface area contributed by atoms with Crippen LogP contribution in [0.25, 0.3) is 0 Å². The quantitative estimate of drug-likeness (QED) is 0.720. The van der Waals surface area contributed by atoms with E-state index in [2.05, 4.69) is 5.32 Å². The van der Waals surface area contributed by atoms with Crippen LogP contribution in [0.15, 0.2) is 18.2 Å². The van der Waals surface area contributed by atoms with E-state index in [1.807, 2.05) is 6.92 Å². The van der Waals surface area contributed by atoms with E-state index in [1.165, 1.54) is 6.07 Å². The maximum atomic E-state index is 11.9. The van der Waals surface area contributed by atoms with Crippen molar-refractivity contribution in [2.75, 3.05) is 5.32 Å². The molecule has 0 radical (unpaired) electrons. The number of carbonyl (C=O) groups excluding carboxylic acids is 1. The molecular formula is C14H19NO3. The number of carbonyl (C=O) groups is 1. The number of benzene rings is 1. The van der Waals surface area contributed by atoms with Crippen LogP contribution < -0.4 is 5.32 Å². The predicted molar refractivity (Wildman–Crippen MR) is 69.5 cm³/mol. The second-order valence-corrected chi connectivity index (χ2v) is 5.16. The zero-order valence-electron chi connectivity index (χ0n) is 10.6. The number of aliphatic hydroxyl groups is 1. The molecule has 1 saturated carbocycles. The van der Waals surface area contributed by atoms with Gasteiger partial charge in [0.1, 0.15) is 5.75 Å². The molecule has 3 N–H and O–H groups in total. The third-order valence-electron chi connectivity index (χ3n) is 3.51. The van der Waals surface area contributed by atoms with Crippen LogP contribution in [0, 0.1) is 6.92 Å². The highest BCUT2D eigenvalue weighted by Gasteiger charge is 2.33. The Bertz CT molecular complexity index is 450. The van der Waals surface area contributed by atoms with Gasteiger partial charge in [0, 0.05) is 5.69 Å². The molecule has 1 aliphatic rings. The van der Waals surface area contributed by atoms with Gasteiger partial charge in [0.15, 0.2) is 0 Å². The fraction of sp³-hybridized carbons (Fsp3) is 0.500. The number of phenols is 1. The molecule has 0 atom stereocenters. The average Bonchev–Trinajstić information content (AvgIpc) is 2.69. The molecule has 98 valence electrons. The Morgan fingerprint density at radius 3 is 2.67 bits per heavy atom. The normalized spacial score (nSPS) is 17.7. The fourth-order valence-corrected chi connectivity index (χ4v) is 2.49. The summed E-state index contributed by atoms with van der Waals surface area (Å²) in [6, 6.07) is 4.80. The Morgan fingerprint density at radius 1 is 1.39 bits per heavy atom. The maximum absolute atomic E-state index is 11.9. The van der Waals surface area contributed by atoms with E-state index in [9.17, 15) is 15.0 Å². The van der Waals surface area contributed by atoms with Crippen LogP contribution in [0.2, 0.25) is 0 Å². The number of aryl methyl sites for hydroxylation is 1. The lowest BCUT2D eigenvalue weighted by molar-refractivity contribution is -0.120. The van der Waals surface area contributed by atoms with E-state index in [4.69, 9.17) is 0 Å². The largest absolute Gasteiger partial charge is 0.508 e. The molecule has 0 aromatic heterocycles. The minimum absolute atomic E-state index is 0.146. The molecule has 1 aromatic rings. The monoisotopic (exact) mass is 249 g/mol. The number of hydrogen-bond acceptors (Lipinski definition) is 3. The zero-order valence-corrected chi connectivity index (χ0v) is 10.6. The number of amides is 1. The maximum Gasteiger partial charge on any atom is 0.227 e. The molecule has 1 aliphatic carbocycles. The first kappa shape index (κ1) is 12.9. The van der Waals surface area contributed by atoms with Gasteiger partial charge in [-0.1, -0.05) is 12.8 Å². The number of aromatic hydroxyl groups is 1. The van der Waals surface area contributed by atoms with E-state index in [-0.39, 0.29) is 18.1 Å². The van der Waals surface area contributed by atoms with E-state index >= 15 is 0 Å². The first-order valence-corrected chi connectivity index (χ1v) is 6.30. The summed E-state index contributed by atoms with van der Waals surface area (Å²) in [4.78, 5) is 11.9. The summed E-state index contributed by atoms with van der Waals surface area (Å²) >= 11 is 0. The van der Waals surface area contributed by atoms with Gasteiger partial charge in [-0.05, 0) is 43.5 Å². The number of rotatable bonds is 3. The molecule has 4 nitrogen and oxygen atoms in total. The lowest BCUT2D eigenvalue weighted by Crippen LogP contribution is -2.30. The molecule has 0 bridgehead atoms. The van der Waals surface area contributed by atoms with Crippen molar-refractivity contribution < 1.29 is 15.0 Å². The molecule has 0 heterocycles. The summed E-state index contributed by atoms with van der Waals surface area (Å²) in [5.74, 6) is 0.00751. The second kappa shape index (κ2) is 4.98. The predicted octanol–water partition coefficient (Wildman–Crippen LogP) is 2.33. The molecule has 0 saturated heterocycles. The van der Waals surface area contributed by atoms with Crippen LogP contribution >= 0.6 is 0 Å². The summed E-state index contributed by atoms with van der Waals surface area (Å²) in [6.07, 6.45) is 3.53. The highest BCUT2D eigenvalue weighted by Crippen LogP contribution is 2.32. The van der Waals surface area contributed by atoms with E-state index < -0.39 is 5.60 Å². The van der Waals surface area contributed by atoms with Crippen LogP contribution in [-0.4, -0.2) is 21.7 Å². The van der Waals surface area contributed by atoms with Crippen LogP contribution in [0.5, 0.6) is 5.75 Å². The Morgan fingerprint density at radius 2 is 2.06 bits per heavy atom. The third kappa shape index (κ3) is 3.01. The van der Waals surface area contributed by atoms with E-state index in [0.717, 1.165) is 18.4 Å². The molecule has 1 aromatic carbocycles. The summed E-state index contributed by atoms with van der Waals surface area (Å²) in [6.45, 7) is 1.82. The highest BCUT2D eigenvalue weighted by molar-refractivity contribution is 5.92. The van der Waals surface area contributed by atoms with Gasteiger partial charge in [-0.2, -0.15) is 0 Å². The van der Waals surface area contributed by atoms with Crippen molar-refractivity contribution in [1.82, 2.24) is 0 Å². The van der Waals surface area contributed by atoms with Crippen LogP contribution in [-0.2, 0) is 4.79 Å². The van der Waals surface area contributed by atoms with Crippen molar-refractivity contribution in [3.05, 3.63) is 23.8 Å². The Kier molecular flexibility index (Phi) is 3.57. The molecule has 1 fully saturated rings. The summed E-state index contributed by atoms with van der Waals surface area (Å²) in [5.41, 5.74) is 0.663. The highest BCUT2D eigenvalue weighted by atomic mass is 16.3. The van der Waals surface area contributed by atoms with Crippen molar-refractivity contribution in [1.29, 1.82) is 0 Å². The molecule has 0 unspecified atom stereocenters. The molecule has 0 aliphatic heterocycles. The molecule has 4 heteroatoms. The lowest BCUT2D eigenvalue weighted by atomic mass is 9.97. The fourth-order valence-electron chi connectivity index (χ4n) is 2.49. The Hall–Kier alpha value is -1.55. The summed E-state index contributed by atoms with van der Waals surface area (Å²) in [7, 11) is 0. The van der Waals surface area contributed by atoms with Gasteiger partial charge in [0.25, 0.3) is 0 Å². The average molecular weight is 249 g/mol. The van der Waals surface area contributed by atoms with Crippen molar-refractivity contribution >= 4 is 11.6 Å². The van der Waals surface area contributed by atoms with Gasteiger partial charge in [0.05, 0.1) is 12.0 Å². The second-order valence-electron chi connectivity index (χ2n) is 5.16.